The molecule has 2 N–H and O–H groups in total. The van der Waals surface area contributed by atoms with Crippen LogP contribution in [0.4, 0.5) is 5.69 Å². The highest BCUT2D eigenvalue weighted by molar-refractivity contribution is 5.58. The van der Waals surface area contributed by atoms with Gasteiger partial charge < -0.3 is 15.3 Å². The molecule has 3 unspecified atom stereocenters. The van der Waals surface area contributed by atoms with E-state index < -0.39 is 0 Å². The van der Waals surface area contributed by atoms with E-state index in [9.17, 15) is 5.11 Å². The molecule has 2 aliphatic heterocycles. The molecule has 3 heteroatoms. The Morgan fingerprint density at radius 3 is 3.11 bits per heavy atom. The van der Waals surface area contributed by atoms with Gasteiger partial charge in [-0.2, -0.15) is 0 Å². The zero-order chi connectivity index (χ0) is 13.2. The van der Waals surface area contributed by atoms with E-state index in [1.54, 1.807) is 0 Å². The average molecular weight is 260 g/mol. The van der Waals surface area contributed by atoms with Gasteiger partial charge in [0.15, 0.2) is 0 Å². The summed E-state index contributed by atoms with van der Waals surface area (Å²) in [6.07, 6.45) is 2.94. The number of nitrogens with one attached hydrogen (secondary N) is 1. The van der Waals surface area contributed by atoms with Crippen molar-refractivity contribution in [3.05, 3.63) is 29.8 Å². The van der Waals surface area contributed by atoms with Gasteiger partial charge in [-0.1, -0.05) is 25.1 Å². The second kappa shape index (κ2) is 5.51. The molecular weight excluding hydrogens is 236 g/mol. The molecule has 2 heterocycles. The van der Waals surface area contributed by atoms with Gasteiger partial charge in [-0.3, -0.25) is 0 Å². The number of para-hydroxylation sites is 1. The highest BCUT2D eigenvalue weighted by Crippen LogP contribution is 2.34. The quantitative estimate of drug-likeness (QED) is 0.870. The fraction of sp³-hybridized carbons (Fsp3) is 0.625. The molecule has 2 aliphatic rings. The lowest BCUT2D eigenvalue weighted by atomic mass is 9.86. The Balaban J connectivity index is 1.84. The van der Waals surface area contributed by atoms with Gasteiger partial charge in [0.25, 0.3) is 0 Å². The second-order valence-corrected chi connectivity index (χ2v) is 5.77. The molecule has 3 rings (SSSR count). The van der Waals surface area contributed by atoms with Crippen LogP contribution >= 0.6 is 0 Å². The van der Waals surface area contributed by atoms with Gasteiger partial charge in [-0.25, -0.2) is 0 Å². The van der Waals surface area contributed by atoms with Crippen LogP contribution in [0.5, 0.6) is 0 Å². The van der Waals surface area contributed by atoms with Gasteiger partial charge in [0.2, 0.25) is 0 Å². The first-order valence-corrected chi connectivity index (χ1v) is 7.54. The van der Waals surface area contributed by atoms with E-state index in [1.807, 2.05) is 0 Å². The summed E-state index contributed by atoms with van der Waals surface area (Å²) >= 11 is 0. The molecule has 104 valence electrons. The van der Waals surface area contributed by atoms with Crippen molar-refractivity contribution < 1.29 is 5.11 Å². The first-order chi connectivity index (χ1) is 9.31. The number of anilines is 1. The molecular formula is C16H24N2O. The number of hydrogen-bond donors (Lipinski definition) is 2. The van der Waals surface area contributed by atoms with Crippen molar-refractivity contribution in [1.29, 1.82) is 0 Å². The second-order valence-electron chi connectivity index (χ2n) is 5.77. The van der Waals surface area contributed by atoms with Crippen molar-refractivity contribution in [3.63, 3.8) is 0 Å². The van der Waals surface area contributed by atoms with Crippen LogP contribution in [0.2, 0.25) is 0 Å². The van der Waals surface area contributed by atoms with Crippen LogP contribution in [0.1, 0.15) is 25.3 Å². The largest absolute Gasteiger partial charge is 0.393 e. The van der Waals surface area contributed by atoms with Crippen LogP contribution in [0.3, 0.4) is 0 Å². The number of hydrogen-bond acceptors (Lipinski definition) is 3. The molecule has 1 saturated heterocycles. The van der Waals surface area contributed by atoms with Crippen LogP contribution in [-0.2, 0) is 6.42 Å². The Morgan fingerprint density at radius 2 is 2.26 bits per heavy atom. The fourth-order valence-corrected chi connectivity index (χ4v) is 3.66. The maximum Gasteiger partial charge on any atom is 0.0597 e. The third-order valence-corrected chi connectivity index (χ3v) is 4.73. The summed E-state index contributed by atoms with van der Waals surface area (Å²) in [7, 11) is 0. The standard InChI is InChI=1S/C16H24N2O/c1-2-16(19)13-11-17-9-7-15(13)18-10-8-12-5-3-4-6-14(12)18/h3-6,13,15-17,19H,2,7-11H2,1H3. The maximum absolute atomic E-state index is 10.3. The van der Waals surface area contributed by atoms with E-state index in [0.717, 1.165) is 38.9 Å². The number of nitrogens with zero attached hydrogens (tertiary/aromatic N) is 1. The Morgan fingerprint density at radius 1 is 1.42 bits per heavy atom. The van der Waals surface area contributed by atoms with E-state index in [2.05, 4.69) is 41.4 Å². The molecule has 0 aliphatic carbocycles. The summed E-state index contributed by atoms with van der Waals surface area (Å²) in [6, 6.07) is 9.22. The predicted octanol–water partition coefficient (Wildman–Crippen LogP) is 1.80. The molecule has 0 radical (unpaired) electrons. The van der Waals surface area contributed by atoms with Crippen molar-refractivity contribution >= 4 is 5.69 Å². The van der Waals surface area contributed by atoms with Crippen LogP contribution in [0.25, 0.3) is 0 Å². The number of aliphatic hydroxyl groups excluding tert-OH is 1. The summed E-state index contributed by atoms with van der Waals surface area (Å²) in [6.45, 7) is 5.19. The lowest BCUT2D eigenvalue weighted by molar-refractivity contribution is 0.0749. The highest BCUT2D eigenvalue weighted by Gasteiger charge is 2.36. The van der Waals surface area contributed by atoms with Gasteiger partial charge in [-0.15, -0.1) is 0 Å². The number of fused-ring (bicyclic) bond motifs is 1. The number of benzene rings is 1. The Hall–Kier alpha value is -1.06. The molecule has 0 aromatic heterocycles. The summed E-state index contributed by atoms with van der Waals surface area (Å²) in [4.78, 5) is 2.54. The smallest absolute Gasteiger partial charge is 0.0597 e. The normalized spacial score (nSPS) is 28.2. The Bertz CT molecular complexity index is 435. The van der Waals surface area contributed by atoms with Crippen molar-refractivity contribution in [3.8, 4) is 0 Å². The molecule has 1 fully saturated rings. The fourth-order valence-electron chi connectivity index (χ4n) is 3.66. The zero-order valence-corrected chi connectivity index (χ0v) is 11.7. The van der Waals surface area contributed by atoms with E-state index in [0.29, 0.717) is 12.0 Å². The topological polar surface area (TPSA) is 35.5 Å². The lowest BCUT2D eigenvalue weighted by Gasteiger charge is -2.41. The molecule has 0 amide bonds. The Kier molecular flexibility index (Phi) is 3.76. The number of rotatable bonds is 3. The highest BCUT2D eigenvalue weighted by atomic mass is 16.3. The average Bonchev–Trinajstić information content (AvgIpc) is 2.90. The van der Waals surface area contributed by atoms with E-state index in [1.165, 1.54) is 11.3 Å². The lowest BCUT2D eigenvalue weighted by Crippen LogP contribution is -2.53. The molecule has 0 saturated carbocycles. The molecule has 3 nitrogen and oxygen atoms in total. The van der Waals surface area contributed by atoms with Crippen LogP contribution in [-0.4, -0.2) is 36.9 Å². The van der Waals surface area contributed by atoms with Crippen molar-refractivity contribution in [2.75, 3.05) is 24.5 Å². The van der Waals surface area contributed by atoms with Gasteiger partial charge in [0.1, 0.15) is 0 Å². The Labute approximate surface area is 115 Å². The minimum atomic E-state index is -0.189. The minimum absolute atomic E-state index is 0.189. The molecule has 3 atom stereocenters. The van der Waals surface area contributed by atoms with Gasteiger partial charge in [-0.05, 0) is 37.4 Å². The van der Waals surface area contributed by atoms with Crippen molar-refractivity contribution in [2.45, 2.75) is 38.3 Å². The first kappa shape index (κ1) is 12.9. The van der Waals surface area contributed by atoms with Crippen molar-refractivity contribution in [1.82, 2.24) is 5.32 Å². The molecule has 0 bridgehead atoms. The predicted molar refractivity (Wildman–Crippen MR) is 78.6 cm³/mol. The third kappa shape index (κ3) is 2.37. The van der Waals surface area contributed by atoms with Crippen LogP contribution in [0.15, 0.2) is 24.3 Å². The summed E-state index contributed by atoms with van der Waals surface area (Å²) in [5.41, 5.74) is 2.86. The summed E-state index contributed by atoms with van der Waals surface area (Å²) in [5, 5.41) is 13.7. The van der Waals surface area contributed by atoms with Crippen LogP contribution in [0, 0.1) is 5.92 Å². The minimum Gasteiger partial charge on any atom is -0.393 e. The zero-order valence-electron chi connectivity index (χ0n) is 11.7. The summed E-state index contributed by atoms with van der Waals surface area (Å²) in [5.74, 6) is 0.352. The molecule has 19 heavy (non-hydrogen) atoms. The summed E-state index contributed by atoms with van der Waals surface area (Å²) < 4.78 is 0. The third-order valence-electron chi connectivity index (χ3n) is 4.73. The molecule has 1 aromatic carbocycles. The molecule has 0 spiro atoms. The van der Waals surface area contributed by atoms with E-state index in [-0.39, 0.29) is 6.10 Å². The van der Waals surface area contributed by atoms with Crippen LogP contribution < -0.4 is 10.2 Å². The van der Waals surface area contributed by atoms with E-state index in [4.69, 9.17) is 0 Å². The number of aliphatic hydroxyl groups is 1. The molecule has 1 aromatic rings. The SMILES string of the molecule is CCC(O)C1CNCCC1N1CCc2ccccc21. The van der Waals surface area contributed by atoms with Gasteiger partial charge in [0, 0.05) is 30.7 Å². The van der Waals surface area contributed by atoms with Crippen molar-refractivity contribution in [2.24, 2.45) is 5.92 Å². The van der Waals surface area contributed by atoms with E-state index >= 15 is 0 Å². The first-order valence-electron chi connectivity index (χ1n) is 7.54. The van der Waals surface area contributed by atoms with Gasteiger partial charge >= 0.3 is 0 Å². The maximum atomic E-state index is 10.3. The number of piperidine rings is 1. The monoisotopic (exact) mass is 260 g/mol. The van der Waals surface area contributed by atoms with Gasteiger partial charge in [0.05, 0.1) is 6.10 Å².